The van der Waals surface area contributed by atoms with Gasteiger partial charge >= 0.3 is 0 Å². The number of fused-ring (bicyclic) bond motifs is 2. The Morgan fingerprint density at radius 1 is 1.50 bits per heavy atom. The van der Waals surface area contributed by atoms with E-state index in [2.05, 4.69) is 17.2 Å². The first-order valence-corrected chi connectivity index (χ1v) is 3.46. The third kappa shape index (κ3) is 0.407. The maximum atomic E-state index is 5.42. The number of nitrogens with zero attached hydrogens (tertiary/aromatic N) is 1. The Balaban J connectivity index is 2.07. The molecular weight excluding hydrogens is 126 g/mol. The van der Waals surface area contributed by atoms with E-state index >= 15 is 0 Å². The van der Waals surface area contributed by atoms with Crippen LogP contribution in [0.3, 0.4) is 0 Å². The van der Waals surface area contributed by atoms with Gasteiger partial charge in [0.15, 0.2) is 0 Å². The van der Waals surface area contributed by atoms with Crippen LogP contribution in [0.25, 0.3) is 0 Å². The maximum Gasteiger partial charge on any atom is 0.201 e. The molecule has 0 bridgehead atoms. The zero-order valence-corrected chi connectivity index (χ0v) is 5.50. The molecule has 10 heavy (non-hydrogen) atoms. The third-order valence-corrected chi connectivity index (χ3v) is 2.01. The Bertz CT molecular complexity index is 286. The molecule has 0 aromatic heterocycles. The quantitative estimate of drug-likeness (QED) is 0.488. The standard InChI is InChI=1S/C8H7NO/c1-2-9-5-6-4-7(6)8(9)10-3-1/h1-2,4H,3,5H2. The van der Waals surface area contributed by atoms with Crippen molar-refractivity contribution in [1.82, 2.24) is 4.90 Å². The lowest BCUT2D eigenvalue weighted by molar-refractivity contribution is 0.156. The minimum absolute atomic E-state index is 0.733. The molecule has 1 aliphatic carbocycles. The van der Waals surface area contributed by atoms with Crippen molar-refractivity contribution in [3.63, 3.8) is 0 Å². The van der Waals surface area contributed by atoms with Gasteiger partial charge in [0.25, 0.3) is 0 Å². The van der Waals surface area contributed by atoms with E-state index in [1.807, 2.05) is 6.08 Å². The van der Waals surface area contributed by atoms with E-state index in [0.29, 0.717) is 0 Å². The topological polar surface area (TPSA) is 12.5 Å². The molecule has 50 valence electrons. The van der Waals surface area contributed by atoms with Gasteiger partial charge in [0.05, 0.1) is 6.54 Å². The smallest absolute Gasteiger partial charge is 0.201 e. The van der Waals surface area contributed by atoms with Crippen molar-refractivity contribution in [1.29, 1.82) is 0 Å². The number of ether oxygens (including phenoxy) is 1. The van der Waals surface area contributed by atoms with Crippen LogP contribution >= 0.6 is 0 Å². The van der Waals surface area contributed by atoms with Gasteiger partial charge in [-0.25, -0.2) is 0 Å². The van der Waals surface area contributed by atoms with Gasteiger partial charge in [-0.05, 0) is 17.7 Å². The normalized spacial score (nSPS) is 25.6. The van der Waals surface area contributed by atoms with Crippen LogP contribution in [0.15, 0.2) is 35.4 Å². The molecule has 2 aliphatic heterocycles. The van der Waals surface area contributed by atoms with Gasteiger partial charge in [-0.3, -0.25) is 0 Å². The van der Waals surface area contributed by atoms with Crippen molar-refractivity contribution in [2.45, 2.75) is 0 Å². The van der Waals surface area contributed by atoms with Crippen LogP contribution < -0.4 is 0 Å². The van der Waals surface area contributed by atoms with Gasteiger partial charge in [-0.1, -0.05) is 0 Å². The maximum absolute atomic E-state index is 5.42. The fraction of sp³-hybridized carbons (Fsp3) is 0.250. The molecule has 0 amide bonds. The van der Waals surface area contributed by atoms with Crippen LogP contribution in [0.4, 0.5) is 0 Å². The average Bonchev–Trinajstić information content (AvgIpc) is 2.64. The van der Waals surface area contributed by atoms with E-state index in [0.717, 1.165) is 19.0 Å². The first-order chi connectivity index (χ1) is 4.95. The lowest BCUT2D eigenvalue weighted by Gasteiger charge is -2.21. The largest absolute Gasteiger partial charge is 0.474 e. The summed E-state index contributed by atoms with van der Waals surface area (Å²) >= 11 is 0. The third-order valence-electron chi connectivity index (χ3n) is 2.01. The fourth-order valence-electron chi connectivity index (χ4n) is 1.46. The monoisotopic (exact) mass is 133 g/mol. The van der Waals surface area contributed by atoms with E-state index in [1.54, 1.807) is 0 Å². The summed E-state index contributed by atoms with van der Waals surface area (Å²) in [6, 6.07) is 0. The molecule has 3 rings (SSSR count). The van der Waals surface area contributed by atoms with Crippen molar-refractivity contribution in [3.05, 3.63) is 35.4 Å². The van der Waals surface area contributed by atoms with Crippen LogP contribution in [-0.2, 0) is 4.74 Å². The number of hydrogen-bond acceptors (Lipinski definition) is 2. The fourth-order valence-corrected chi connectivity index (χ4v) is 1.46. The highest BCUT2D eigenvalue weighted by molar-refractivity contribution is 5.63. The summed E-state index contributed by atoms with van der Waals surface area (Å²) in [4.78, 5) is 2.15. The van der Waals surface area contributed by atoms with Gasteiger partial charge < -0.3 is 9.64 Å². The molecule has 0 atom stereocenters. The Kier molecular flexibility index (Phi) is 0.592. The predicted octanol–water partition coefficient (Wildman–Crippen LogP) is 0.997. The second kappa shape index (κ2) is 1.29. The summed E-state index contributed by atoms with van der Waals surface area (Å²) in [5, 5.41) is 0. The highest BCUT2D eigenvalue weighted by Gasteiger charge is 2.34. The average molecular weight is 133 g/mol. The summed E-state index contributed by atoms with van der Waals surface area (Å²) < 4.78 is 5.42. The zero-order chi connectivity index (χ0) is 6.55. The summed E-state index contributed by atoms with van der Waals surface area (Å²) in [6.45, 7) is 1.76. The lowest BCUT2D eigenvalue weighted by Crippen LogP contribution is -2.19. The first kappa shape index (κ1) is 4.61. The molecular formula is C8H7NO. The van der Waals surface area contributed by atoms with Gasteiger partial charge in [-0.2, -0.15) is 0 Å². The van der Waals surface area contributed by atoms with Gasteiger partial charge in [0.2, 0.25) is 5.88 Å². The molecule has 0 fully saturated rings. The molecule has 2 heterocycles. The van der Waals surface area contributed by atoms with E-state index in [9.17, 15) is 0 Å². The predicted molar refractivity (Wildman–Crippen MR) is 36.9 cm³/mol. The molecule has 0 saturated heterocycles. The van der Waals surface area contributed by atoms with Crippen molar-refractivity contribution in [2.75, 3.05) is 13.2 Å². The van der Waals surface area contributed by atoms with Crippen LogP contribution in [-0.4, -0.2) is 18.1 Å². The minimum atomic E-state index is 0.733. The summed E-state index contributed by atoms with van der Waals surface area (Å²) in [5.41, 5.74) is 2.78. The Labute approximate surface area is 59.1 Å². The number of allylic oxidation sites excluding steroid dienone is 1. The number of hydrogen-bond donors (Lipinski definition) is 0. The highest BCUT2D eigenvalue weighted by Crippen LogP contribution is 2.41. The molecule has 3 aliphatic rings. The van der Waals surface area contributed by atoms with Crippen LogP contribution in [0.2, 0.25) is 0 Å². The van der Waals surface area contributed by atoms with Crippen LogP contribution in [0.5, 0.6) is 0 Å². The van der Waals surface area contributed by atoms with E-state index in [4.69, 9.17) is 4.74 Å². The number of rotatable bonds is 0. The van der Waals surface area contributed by atoms with Crippen molar-refractivity contribution in [3.8, 4) is 0 Å². The molecule has 0 saturated carbocycles. The Morgan fingerprint density at radius 3 is 3.40 bits per heavy atom. The molecule has 2 heteroatoms. The van der Waals surface area contributed by atoms with Gasteiger partial charge in [0.1, 0.15) is 6.61 Å². The molecule has 0 aromatic rings. The van der Waals surface area contributed by atoms with Crippen molar-refractivity contribution >= 4 is 0 Å². The molecule has 2 nitrogen and oxygen atoms in total. The lowest BCUT2D eigenvalue weighted by atomic mass is 10.5. The molecule has 0 radical (unpaired) electrons. The van der Waals surface area contributed by atoms with Crippen molar-refractivity contribution < 1.29 is 4.74 Å². The minimum Gasteiger partial charge on any atom is -0.474 e. The second-order valence-electron chi connectivity index (χ2n) is 2.71. The Morgan fingerprint density at radius 2 is 2.50 bits per heavy atom. The summed E-state index contributed by atoms with van der Waals surface area (Å²) in [6.07, 6.45) is 6.32. The molecule has 0 unspecified atom stereocenters. The molecule has 0 spiro atoms. The van der Waals surface area contributed by atoms with Crippen LogP contribution in [0, 0.1) is 0 Å². The molecule has 0 aromatic carbocycles. The van der Waals surface area contributed by atoms with Gasteiger partial charge in [-0.15, -0.1) is 0 Å². The summed E-state index contributed by atoms with van der Waals surface area (Å²) in [5.74, 6) is 1.07. The second-order valence-corrected chi connectivity index (χ2v) is 2.71. The molecule has 0 N–H and O–H groups in total. The Hall–Kier alpha value is -1.18. The van der Waals surface area contributed by atoms with Crippen molar-refractivity contribution in [2.24, 2.45) is 0 Å². The summed E-state index contributed by atoms with van der Waals surface area (Å²) in [7, 11) is 0. The van der Waals surface area contributed by atoms with E-state index in [1.165, 1.54) is 11.1 Å². The SMILES string of the molecule is C1=CN2CC3=CC3=C2OC1. The van der Waals surface area contributed by atoms with Crippen LogP contribution in [0.1, 0.15) is 0 Å². The van der Waals surface area contributed by atoms with Gasteiger partial charge in [0, 0.05) is 11.8 Å². The van der Waals surface area contributed by atoms with E-state index in [-0.39, 0.29) is 0 Å². The highest BCUT2D eigenvalue weighted by atomic mass is 16.5. The zero-order valence-electron chi connectivity index (χ0n) is 5.50. The first-order valence-electron chi connectivity index (χ1n) is 3.46. The van der Waals surface area contributed by atoms with E-state index < -0.39 is 0 Å².